The van der Waals surface area contributed by atoms with E-state index in [4.69, 9.17) is 9.47 Å². The second-order valence-corrected chi connectivity index (χ2v) is 9.85. The Kier molecular flexibility index (Phi) is 9.93. The first-order valence-corrected chi connectivity index (χ1v) is 13.3. The van der Waals surface area contributed by atoms with E-state index < -0.39 is 0 Å². The van der Waals surface area contributed by atoms with E-state index in [2.05, 4.69) is 10.2 Å². The third-order valence-electron chi connectivity index (χ3n) is 6.25. The van der Waals surface area contributed by atoms with Crippen LogP contribution in [0.1, 0.15) is 10.4 Å². The van der Waals surface area contributed by atoms with Crippen molar-refractivity contribution in [3.05, 3.63) is 82.6 Å². The minimum absolute atomic E-state index is 0.0243. The first kappa shape index (κ1) is 26.7. The molecule has 37 heavy (non-hydrogen) atoms. The zero-order valence-corrected chi connectivity index (χ0v) is 22.0. The van der Waals surface area contributed by atoms with Gasteiger partial charge in [-0.15, -0.1) is 11.3 Å². The standard InChI is InChI=1S/C28H34N4O4S/c1-35-26-12-6-5-11-25(26)29-28(34)31(14-13-30-15-17-36-18-16-30)22-27(33)32(21-24-10-7-19-37-24)20-23-8-3-2-4-9-23/h2-12,19H,13-18,20-22H2,1H3,(H,29,34). The number of para-hydroxylation sites is 2. The average molecular weight is 523 g/mol. The van der Waals surface area contributed by atoms with Crippen molar-refractivity contribution in [2.24, 2.45) is 0 Å². The fourth-order valence-corrected chi connectivity index (χ4v) is 4.89. The number of urea groups is 1. The number of thiophene rings is 1. The van der Waals surface area contributed by atoms with Gasteiger partial charge in [0.1, 0.15) is 12.3 Å². The van der Waals surface area contributed by atoms with Gasteiger partial charge in [0.05, 0.1) is 32.6 Å². The summed E-state index contributed by atoms with van der Waals surface area (Å²) >= 11 is 1.62. The lowest BCUT2D eigenvalue weighted by Crippen LogP contribution is -2.48. The molecule has 196 valence electrons. The molecule has 0 atom stereocenters. The molecule has 0 unspecified atom stereocenters. The van der Waals surface area contributed by atoms with E-state index in [1.807, 2.05) is 64.9 Å². The molecule has 2 aromatic carbocycles. The molecule has 1 aromatic heterocycles. The molecule has 0 bridgehead atoms. The molecule has 1 fully saturated rings. The zero-order chi connectivity index (χ0) is 25.9. The molecule has 3 aromatic rings. The number of methoxy groups -OCH3 is 1. The molecule has 3 amide bonds. The van der Waals surface area contributed by atoms with Crippen LogP contribution in [0.5, 0.6) is 5.75 Å². The molecule has 0 spiro atoms. The quantitative estimate of drug-likeness (QED) is 0.410. The predicted molar refractivity (Wildman–Crippen MR) is 146 cm³/mol. The number of carbonyl (C=O) groups excluding carboxylic acids is 2. The van der Waals surface area contributed by atoms with Crippen LogP contribution in [0.15, 0.2) is 72.1 Å². The van der Waals surface area contributed by atoms with Crippen LogP contribution in [0.25, 0.3) is 0 Å². The summed E-state index contributed by atoms with van der Waals surface area (Å²) in [6.45, 7) is 5.02. The first-order valence-electron chi connectivity index (χ1n) is 12.5. The number of hydrogen-bond donors (Lipinski definition) is 1. The lowest BCUT2D eigenvalue weighted by atomic mass is 10.2. The normalized spacial score (nSPS) is 13.6. The highest BCUT2D eigenvalue weighted by atomic mass is 32.1. The highest BCUT2D eigenvalue weighted by Gasteiger charge is 2.24. The highest BCUT2D eigenvalue weighted by Crippen LogP contribution is 2.23. The van der Waals surface area contributed by atoms with E-state index in [1.165, 1.54) is 0 Å². The summed E-state index contributed by atoms with van der Waals surface area (Å²) in [6, 6.07) is 20.9. The van der Waals surface area contributed by atoms with Gasteiger partial charge in [-0.2, -0.15) is 0 Å². The minimum atomic E-state index is -0.332. The van der Waals surface area contributed by atoms with E-state index in [-0.39, 0.29) is 18.5 Å². The molecule has 9 heteroatoms. The van der Waals surface area contributed by atoms with Crippen molar-refractivity contribution in [3.63, 3.8) is 0 Å². The van der Waals surface area contributed by atoms with Crippen LogP contribution in [0, 0.1) is 0 Å². The molecule has 1 aliphatic heterocycles. The molecule has 1 N–H and O–H groups in total. The summed E-state index contributed by atoms with van der Waals surface area (Å²) in [5, 5.41) is 4.95. The highest BCUT2D eigenvalue weighted by molar-refractivity contribution is 7.09. The van der Waals surface area contributed by atoms with Gasteiger partial charge in [0, 0.05) is 37.6 Å². The lowest BCUT2D eigenvalue weighted by molar-refractivity contribution is -0.133. The predicted octanol–water partition coefficient (Wildman–Crippen LogP) is 4.15. The molecule has 0 aliphatic carbocycles. The Balaban J connectivity index is 1.50. The second kappa shape index (κ2) is 13.8. The van der Waals surface area contributed by atoms with Crippen LogP contribution in [0.2, 0.25) is 0 Å². The lowest BCUT2D eigenvalue weighted by Gasteiger charge is -2.31. The second-order valence-electron chi connectivity index (χ2n) is 8.82. The summed E-state index contributed by atoms with van der Waals surface area (Å²) in [7, 11) is 1.57. The van der Waals surface area contributed by atoms with Gasteiger partial charge in [0.2, 0.25) is 5.91 Å². The van der Waals surface area contributed by atoms with Crippen molar-refractivity contribution in [3.8, 4) is 5.75 Å². The van der Waals surface area contributed by atoms with E-state index >= 15 is 0 Å². The zero-order valence-electron chi connectivity index (χ0n) is 21.2. The molecule has 2 heterocycles. The minimum Gasteiger partial charge on any atom is -0.495 e. The number of rotatable bonds is 11. The van der Waals surface area contributed by atoms with Gasteiger partial charge in [-0.1, -0.05) is 48.5 Å². The van der Waals surface area contributed by atoms with Crippen molar-refractivity contribution < 1.29 is 19.1 Å². The van der Waals surface area contributed by atoms with Gasteiger partial charge in [-0.3, -0.25) is 9.69 Å². The smallest absolute Gasteiger partial charge is 0.322 e. The van der Waals surface area contributed by atoms with E-state index in [0.717, 1.165) is 23.5 Å². The molecule has 0 radical (unpaired) electrons. The summed E-state index contributed by atoms with van der Waals surface area (Å²) < 4.78 is 10.8. The number of ether oxygens (including phenoxy) is 2. The Bertz CT molecular complexity index is 1120. The Hall–Kier alpha value is -3.40. The molecule has 4 rings (SSSR count). The SMILES string of the molecule is COc1ccccc1NC(=O)N(CCN1CCOCC1)CC(=O)N(Cc1ccccc1)Cc1cccs1. The number of amides is 3. The van der Waals surface area contributed by atoms with Crippen LogP contribution < -0.4 is 10.1 Å². The van der Waals surface area contributed by atoms with E-state index in [9.17, 15) is 9.59 Å². The third-order valence-corrected chi connectivity index (χ3v) is 7.11. The molecular weight excluding hydrogens is 488 g/mol. The molecule has 1 aliphatic rings. The van der Waals surface area contributed by atoms with Gasteiger partial charge >= 0.3 is 6.03 Å². The topological polar surface area (TPSA) is 74.4 Å². The average Bonchev–Trinajstić information content (AvgIpc) is 3.45. The maximum absolute atomic E-state index is 13.7. The monoisotopic (exact) mass is 522 g/mol. The van der Waals surface area contributed by atoms with Crippen molar-refractivity contribution in [2.45, 2.75) is 13.1 Å². The van der Waals surface area contributed by atoms with Gasteiger partial charge in [-0.25, -0.2) is 4.79 Å². The van der Waals surface area contributed by atoms with Crippen LogP contribution in [-0.4, -0.2) is 79.7 Å². The number of hydrogen-bond acceptors (Lipinski definition) is 6. The maximum atomic E-state index is 13.7. The summed E-state index contributed by atoms with van der Waals surface area (Å²) in [4.78, 5) is 33.9. The molecule has 0 saturated carbocycles. The number of carbonyl (C=O) groups is 2. The van der Waals surface area contributed by atoms with Crippen LogP contribution in [-0.2, 0) is 22.6 Å². The number of morpholine rings is 1. The number of nitrogens with zero attached hydrogens (tertiary/aromatic N) is 3. The largest absolute Gasteiger partial charge is 0.495 e. The fraction of sp³-hybridized carbons (Fsp3) is 0.357. The van der Waals surface area contributed by atoms with Crippen molar-refractivity contribution in [1.82, 2.24) is 14.7 Å². The van der Waals surface area contributed by atoms with Crippen molar-refractivity contribution in [2.75, 3.05) is 58.4 Å². The Morgan fingerprint density at radius 2 is 1.73 bits per heavy atom. The van der Waals surface area contributed by atoms with Crippen molar-refractivity contribution >= 4 is 29.0 Å². The van der Waals surface area contributed by atoms with Gasteiger partial charge in [0.15, 0.2) is 0 Å². The number of benzene rings is 2. The van der Waals surface area contributed by atoms with Crippen LogP contribution in [0.4, 0.5) is 10.5 Å². The van der Waals surface area contributed by atoms with Gasteiger partial charge in [0.25, 0.3) is 0 Å². The van der Waals surface area contributed by atoms with E-state index in [1.54, 1.807) is 35.5 Å². The van der Waals surface area contributed by atoms with Crippen molar-refractivity contribution in [1.29, 1.82) is 0 Å². The summed E-state index contributed by atoms with van der Waals surface area (Å²) in [5.41, 5.74) is 1.62. The van der Waals surface area contributed by atoms with Crippen LogP contribution in [0.3, 0.4) is 0 Å². The Morgan fingerprint density at radius 1 is 0.973 bits per heavy atom. The number of anilines is 1. The first-order chi connectivity index (χ1) is 18.1. The van der Waals surface area contributed by atoms with Crippen LogP contribution >= 0.6 is 11.3 Å². The maximum Gasteiger partial charge on any atom is 0.322 e. The Morgan fingerprint density at radius 3 is 2.46 bits per heavy atom. The summed E-state index contributed by atoms with van der Waals surface area (Å²) in [5.74, 6) is 0.466. The molecular formula is C28H34N4O4S. The number of nitrogens with one attached hydrogen (secondary N) is 1. The molecule has 1 saturated heterocycles. The van der Waals surface area contributed by atoms with Gasteiger partial charge in [-0.05, 0) is 29.1 Å². The summed E-state index contributed by atoms with van der Waals surface area (Å²) in [6.07, 6.45) is 0. The molecule has 8 nitrogen and oxygen atoms in total. The fourth-order valence-electron chi connectivity index (χ4n) is 4.17. The van der Waals surface area contributed by atoms with Gasteiger partial charge < -0.3 is 24.6 Å². The van der Waals surface area contributed by atoms with E-state index in [0.29, 0.717) is 50.8 Å². The Labute approximate surface area is 222 Å². The third kappa shape index (κ3) is 8.04.